The Morgan fingerprint density at radius 3 is 2.41 bits per heavy atom. The summed E-state index contributed by atoms with van der Waals surface area (Å²) < 4.78 is 0. The number of aromatic nitrogens is 1. The molecule has 2 heterocycles. The molecular weight excluding hydrogens is 344 g/mol. The van der Waals surface area contributed by atoms with Crippen LogP contribution in [0.25, 0.3) is 0 Å². The standard InChI is InChI=1S/C20H28N4O3/c1-3-23(4-2)20(27)17-12-16(13-24(17)19(26)15-6-5-7-15)22-18(25)14-8-10-21-11-9-14/h8-11,15-17H,3-7,12-13H2,1-2H3,(H,22,25)/t16-,17-/m0/s1. The molecule has 3 amide bonds. The molecule has 1 aliphatic heterocycles. The molecule has 2 fully saturated rings. The van der Waals surface area contributed by atoms with Crippen LogP contribution in [0.15, 0.2) is 24.5 Å². The molecule has 7 heteroatoms. The number of carbonyl (C=O) groups is 3. The highest BCUT2D eigenvalue weighted by molar-refractivity contribution is 5.95. The normalized spacial score (nSPS) is 22.2. The van der Waals surface area contributed by atoms with Crippen LogP contribution in [-0.4, -0.2) is 64.2 Å². The molecule has 3 rings (SSSR count). The molecule has 2 atom stereocenters. The number of amides is 3. The number of likely N-dealkylation sites (N-methyl/N-ethyl adjacent to an activating group) is 1. The lowest BCUT2D eigenvalue weighted by Gasteiger charge is -2.34. The van der Waals surface area contributed by atoms with E-state index in [0.717, 1.165) is 19.3 Å². The predicted molar refractivity (Wildman–Crippen MR) is 101 cm³/mol. The first-order chi connectivity index (χ1) is 13.0. The molecule has 1 saturated heterocycles. The summed E-state index contributed by atoms with van der Waals surface area (Å²) >= 11 is 0. The van der Waals surface area contributed by atoms with Crippen LogP contribution in [0, 0.1) is 5.92 Å². The van der Waals surface area contributed by atoms with Crippen molar-refractivity contribution in [1.29, 1.82) is 0 Å². The van der Waals surface area contributed by atoms with Gasteiger partial charge in [-0.25, -0.2) is 0 Å². The second-order valence-electron chi connectivity index (χ2n) is 7.29. The molecule has 0 aromatic carbocycles. The first-order valence-electron chi connectivity index (χ1n) is 9.85. The van der Waals surface area contributed by atoms with Crippen LogP contribution >= 0.6 is 0 Å². The summed E-state index contributed by atoms with van der Waals surface area (Å²) in [6.45, 7) is 5.51. The van der Waals surface area contributed by atoms with Gasteiger partial charge in [0, 0.05) is 49.6 Å². The van der Waals surface area contributed by atoms with Crippen molar-refractivity contribution in [2.75, 3.05) is 19.6 Å². The summed E-state index contributed by atoms with van der Waals surface area (Å²) in [6.07, 6.45) is 6.47. The molecule has 2 aliphatic rings. The van der Waals surface area contributed by atoms with Gasteiger partial charge in [-0.3, -0.25) is 19.4 Å². The minimum atomic E-state index is -0.485. The minimum absolute atomic E-state index is 0.0201. The lowest BCUT2D eigenvalue weighted by atomic mass is 9.84. The number of rotatable bonds is 6. The third kappa shape index (κ3) is 4.12. The van der Waals surface area contributed by atoms with E-state index in [9.17, 15) is 14.4 Å². The van der Waals surface area contributed by atoms with Gasteiger partial charge in [0.05, 0.1) is 0 Å². The van der Waals surface area contributed by atoms with Crippen molar-refractivity contribution in [3.8, 4) is 0 Å². The van der Waals surface area contributed by atoms with Gasteiger partial charge in [0.25, 0.3) is 5.91 Å². The van der Waals surface area contributed by atoms with Crippen molar-refractivity contribution in [2.24, 2.45) is 5.92 Å². The SMILES string of the molecule is CCN(CC)C(=O)[C@@H]1C[C@H](NC(=O)c2ccncc2)CN1C(=O)C1CCC1. The molecular formula is C20H28N4O3. The van der Waals surface area contributed by atoms with Crippen LogP contribution in [0.3, 0.4) is 0 Å². The van der Waals surface area contributed by atoms with Crippen molar-refractivity contribution in [3.63, 3.8) is 0 Å². The number of nitrogens with zero attached hydrogens (tertiary/aromatic N) is 3. The Hall–Kier alpha value is -2.44. The summed E-state index contributed by atoms with van der Waals surface area (Å²) in [5, 5.41) is 2.98. The van der Waals surface area contributed by atoms with E-state index in [2.05, 4.69) is 10.3 Å². The minimum Gasteiger partial charge on any atom is -0.347 e. The summed E-state index contributed by atoms with van der Waals surface area (Å²) in [5.41, 5.74) is 0.528. The van der Waals surface area contributed by atoms with Crippen LogP contribution in [0.1, 0.15) is 49.9 Å². The van der Waals surface area contributed by atoms with Gasteiger partial charge in [-0.1, -0.05) is 6.42 Å². The third-order valence-electron chi connectivity index (χ3n) is 5.68. The van der Waals surface area contributed by atoms with Gasteiger partial charge < -0.3 is 15.1 Å². The highest BCUT2D eigenvalue weighted by atomic mass is 16.2. The Kier molecular flexibility index (Phi) is 6.08. The van der Waals surface area contributed by atoms with Crippen molar-refractivity contribution >= 4 is 17.7 Å². The quantitative estimate of drug-likeness (QED) is 0.819. The van der Waals surface area contributed by atoms with Gasteiger partial charge in [0.2, 0.25) is 11.8 Å². The smallest absolute Gasteiger partial charge is 0.251 e. The summed E-state index contributed by atoms with van der Waals surface area (Å²) in [4.78, 5) is 45.7. The van der Waals surface area contributed by atoms with E-state index in [4.69, 9.17) is 0 Å². The van der Waals surface area contributed by atoms with E-state index >= 15 is 0 Å². The van der Waals surface area contributed by atoms with Gasteiger partial charge in [-0.2, -0.15) is 0 Å². The fraction of sp³-hybridized carbons (Fsp3) is 0.600. The molecule has 146 valence electrons. The zero-order chi connectivity index (χ0) is 19.4. The monoisotopic (exact) mass is 372 g/mol. The maximum Gasteiger partial charge on any atom is 0.251 e. The molecule has 0 unspecified atom stereocenters. The zero-order valence-corrected chi connectivity index (χ0v) is 16.1. The van der Waals surface area contributed by atoms with E-state index < -0.39 is 6.04 Å². The van der Waals surface area contributed by atoms with E-state index in [1.807, 2.05) is 13.8 Å². The van der Waals surface area contributed by atoms with Crippen molar-refractivity contribution in [3.05, 3.63) is 30.1 Å². The van der Waals surface area contributed by atoms with Crippen LogP contribution in [0.4, 0.5) is 0 Å². The predicted octanol–water partition coefficient (Wildman–Crippen LogP) is 1.45. The number of pyridine rings is 1. The Labute approximate surface area is 160 Å². The van der Waals surface area contributed by atoms with Gasteiger partial charge in [-0.15, -0.1) is 0 Å². The molecule has 1 aliphatic carbocycles. The molecule has 0 bridgehead atoms. The molecule has 0 radical (unpaired) electrons. The third-order valence-corrected chi connectivity index (χ3v) is 5.68. The van der Waals surface area contributed by atoms with Gasteiger partial charge in [0.1, 0.15) is 6.04 Å². The molecule has 1 saturated carbocycles. The average molecular weight is 372 g/mol. The summed E-state index contributed by atoms with van der Waals surface area (Å²) in [6, 6.07) is 2.60. The second kappa shape index (κ2) is 8.50. The first kappa shape index (κ1) is 19.3. The lowest BCUT2D eigenvalue weighted by molar-refractivity contribution is -0.147. The van der Waals surface area contributed by atoms with Crippen LogP contribution < -0.4 is 5.32 Å². The lowest BCUT2D eigenvalue weighted by Crippen LogP contribution is -2.50. The Balaban J connectivity index is 1.73. The number of hydrogen-bond donors (Lipinski definition) is 1. The molecule has 1 aromatic heterocycles. The number of carbonyl (C=O) groups excluding carboxylic acids is 3. The topological polar surface area (TPSA) is 82.6 Å². The van der Waals surface area contributed by atoms with Gasteiger partial charge in [0.15, 0.2) is 0 Å². The first-order valence-corrected chi connectivity index (χ1v) is 9.85. The fourth-order valence-corrected chi connectivity index (χ4v) is 3.83. The van der Waals surface area contributed by atoms with Crippen molar-refractivity contribution in [1.82, 2.24) is 20.1 Å². The van der Waals surface area contributed by atoms with Gasteiger partial charge >= 0.3 is 0 Å². The highest BCUT2D eigenvalue weighted by Gasteiger charge is 2.44. The van der Waals surface area contributed by atoms with Crippen LogP contribution in [0.5, 0.6) is 0 Å². The number of hydrogen-bond acceptors (Lipinski definition) is 4. The average Bonchev–Trinajstić information content (AvgIpc) is 3.05. The Morgan fingerprint density at radius 1 is 1.19 bits per heavy atom. The Morgan fingerprint density at radius 2 is 1.85 bits per heavy atom. The van der Waals surface area contributed by atoms with Crippen molar-refractivity contribution < 1.29 is 14.4 Å². The second-order valence-corrected chi connectivity index (χ2v) is 7.29. The van der Waals surface area contributed by atoms with Crippen LogP contribution in [0.2, 0.25) is 0 Å². The summed E-state index contributed by atoms with van der Waals surface area (Å²) in [7, 11) is 0. The van der Waals surface area contributed by atoms with E-state index in [0.29, 0.717) is 31.6 Å². The van der Waals surface area contributed by atoms with Crippen LogP contribution in [-0.2, 0) is 9.59 Å². The number of likely N-dealkylation sites (tertiary alicyclic amines) is 1. The maximum absolute atomic E-state index is 13.0. The largest absolute Gasteiger partial charge is 0.347 e. The highest BCUT2D eigenvalue weighted by Crippen LogP contribution is 2.32. The molecule has 1 aromatic rings. The zero-order valence-electron chi connectivity index (χ0n) is 16.1. The molecule has 7 nitrogen and oxygen atoms in total. The number of nitrogens with one attached hydrogen (secondary N) is 1. The molecule has 1 N–H and O–H groups in total. The van der Waals surface area contributed by atoms with E-state index in [1.165, 1.54) is 0 Å². The molecule has 27 heavy (non-hydrogen) atoms. The Bertz CT molecular complexity index is 686. The molecule has 0 spiro atoms. The van der Waals surface area contributed by atoms with Gasteiger partial charge in [-0.05, 0) is 45.2 Å². The summed E-state index contributed by atoms with van der Waals surface area (Å²) in [5.74, 6) is -0.123. The van der Waals surface area contributed by atoms with E-state index in [-0.39, 0.29) is 29.7 Å². The fourth-order valence-electron chi connectivity index (χ4n) is 3.83. The van der Waals surface area contributed by atoms with Crippen molar-refractivity contribution in [2.45, 2.75) is 51.6 Å². The maximum atomic E-state index is 13.0. The van der Waals surface area contributed by atoms with E-state index in [1.54, 1.807) is 34.3 Å².